The monoisotopic (exact) mass is 262 g/mol. The first-order chi connectivity index (χ1) is 8.56. The maximum Gasteiger partial charge on any atom is 0.133 e. The molecule has 2 aromatic rings. The number of aromatic hydroxyl groups is 1. The number of rotatable bonds is 4. The lowest BCUT2D eigenvalue weighted by molar-refractivity contribution is 0.471. The summed E-state index contributed by atoms with van der Waals surface area (Å²) in [5, 5.41) is 12.6. The number of aromatic nitrogens is 1. The molecule has 1 atom stereocenters. The molecule has 4 heteroatoms. The Morgan fingerprint density at radius 3 is 2.72 bits per heavy atom. The fraction of sp³-hybridized carbons (Fsp3) is 0.357. The van der Waals surface area contributed by atoms with E-state index in [0.717, 1.165) is 5.69 Å². The van der Waals surface area contributed by atoms with Gasteiger partial charge in [0.05, 0.1) is 11.9 Å². The molecule has 18 heavy (non-hydrogen) atoms. The molecule has 0 bridgehead atoms. The van der Waals surface area contributed by atoms with Crippen LogP contribution in [0.1, 0.15) is 34.0 Å². The van der Waals surface area contributed by atoms with Gasteiger partial charge in [0.1, 0.15) is 5.75 Å². The minimum absolute atomic E-state index is 0.205. The van der Waals surface area contributed by atoms with Crippen LogP contribution in [0.15, 0.2) is 24.4 Å². The highest BCUT2D eigenvalue weighted by Crippen LogP contribution is 2.26. The zero-order valence-electron chi connectivity index (χ0n) is 10.9. The predicted molar refractivity (Wildman–Crippen MR) is 74.9 cm³/mol. The predicted octanol–water partition coefficient (Wildman–Crippen LogP) is 3.32. The van der Waals surface area contributed by atoms with Gasteiger partial charge in [-0.25, -0.2) is 0 Å². The SMILES string of the molecule is Cc1cc(C(C)NCc2ccc(O)cn2)c(C)s1. The molecule has 2 aromatic heterocycles. The Balaban J connectivity index is 1.98. The van der Waals surface area contributed by atoms with E-state index in [9.17, 15) is 0 Å². The lowest BCUT2D eigenvalue weighted by Gasteiger charge is -2.13. The zero-order chi connectivity index (χ0) is 13.1. The fourth-order valence-corrected chi connectivity index (χ4v) is 2.99. The van der Waals surface area contributed by atoms with E-state index in [4.69, 9.17) is 5.11 Å². The number of pyridine rings is 1. The molecule has 3 nitrogen and oxygen atoms in total. The Bertz CT molecular complexity index is 519. The van der Waals surface area contributed by atoms with Gasteiger partial charge in [0.25, 0.3) is 0 Å². The van der Waals surface area contributed by atoms with Gasteiger partial charge in [-0.15, -0.1) is 11.3 Å². The van der Waals surface area contributed by atoms with Crippen LogP contribution in [0.4, 0.5) is 0 Å². The van der Waals surface area contributed by atoms with Crippen LogP contribution in [0.2, 0.25) is 0 Å². The molecule has 0 aliphatic heterocycles. The van der Waals surface area contributed by atoms with E-state index in [1.807, 2.05) is 17.4 Å². The first-order valence-corrected chi connectivity index (χ1v) is 6.82. The van der Waals surface area contributed by atoms with Gasteiger partial charge in [-0.1, -0.05) is 0 Å². The number of nitrogens with zero attached hydrogens (tertiary/aromatic N) is 1. The van der Waals surface area contributed by atoms with Gasteiger partial charge in [-0.3, -0.25) is 4.98 Å². The highest BCUT2D eigenvalue weighted by molar-refractivity contribution is 7.12. The average Bonchev–Trinajstić information content (AvgIpc) is 2.67. The number of nitrogens with one attached hydrogen (secondary N) is 1. The van der Waals surface area contributed by atoms with Crippen LogP contribution < -0.4 is 5.32 Å². The topological polar surface area (TPSA) is 45.1 Å². The minimum Gasteiger partial charge on any atom is -0.506 e. The molecule has 1 unspecified atom stereocenters. The molecule has 0 aliphatic rings. The third-order valence-electron chi connectivity index (χ3n) is 2.94. The molecule has 2 rings (SSSR count). The van der Waals surface area contributed by atoms with Gasteiger partial charge in [0.15, 0.2) is 0 Å². The molecule has 2 N–H and O–H groups in total. The first-order valence-electron chi connectivity index (χ1n) is 6.00. The molecule has 0 spiro atoms. The third kappa shape index (κ3) is 3.09. The van der Waals surface area contributed by atoms with Crippen molar-refractivity contribution in [2.24, 2.45) is 0 Å². The third-order valence-corrected chi connectivity index (χ3v) is 3.93. The van der Waals surface area contributed by atoms with Crippen LogP contribution in [-0.4, -0.2) is 10.1 Å². The van der Waals surface area contributed by atoms with Crippen molar-refractivity contribution < 1.29 is 5.11 Å². The van der Waals surface area contributed by atoms with Gasteiger partial charge < -0.3 is 10.4 Å². The smallest absolute Gasteiger partial charge is 0.133 e. The Morgan fingerprint density at radius 1 is 1.39 bits per heavy atom. The van der Waals surface area contributed by atoms with Crippen LogP contribution >= 0.6 is 11.3 Å². The molecule has 96 valence electrons. The summed E-state index contributed by atoms with van der Waals surface area (Å²) in [5.41, 5.74) is 2.29. The molecule has 0 aliphatic carbocycles. The second-order valence-electron chi connectivity index (χ2n) is 4.48. The lowest BCUT2D eigenvalue weighted by atomic mass is 10.1. The molecule has 0 amide bonds. The molecule has 2 heterocycles. The number of hydrogen-bond acceptors (Lipinski definition) is 4. The van der Waals surface area contributed by atoms with E-state index < -0.39 is 0 Å². The second-order valence-corrected chi connectivity index (χ2v) is 5.94. The molecular weight excluding hydrogens is 244 g/mol. The van der Waals surface area contributed by atoms with Crippen molar-refractivity contribution in [2.45, 2.75) is 33.4 Å². The maximum absolute atomic E-state index is 9.17. The number of thiophene rings is 1. The van der Waals surface area contributed by atoms with Gasteiger partial charge in [-0.05, 0) is 44.5 Å². The summed E-state index contributed by atoms with van der Waals surface area (Å²) in [6, 6.07) is 6.04. The van der Waals surface area contributed by atoms with E-state index in [0.29, 0.717) is 12.6 Å². The molecule has 0 aromatic carbocycles. The van der Waals surface area contributed by atoms with Crippen LogP contribution in [0, 0.1) is 13.8 Å². The van der Waals surface area contributed by atoms with Crippen molar-refractivity contribution in [1.29, 1.82) is 0 Å². The quantitative estimate of drug-likeness (QED) is 0.888. The van der Waals surface area contributed by atoms with E-state index in [-0.39, 0.29) is 5.75 Å². The highest BCUT2D eigenvalue weighted by atomic mass is 32.1. The van der Waals surface area contributed by atoms with Crippen molar-refractivity contribution in [3.63, 3.8) is 0 Å². The van der Waals surface area contributed by atoms with Gasteiger partial charge >= 0.3 is 0 Å². The van der Waals surface area contributed by atoms with Crippen molar-refractivity contribution in [3.05, 3.63) is 45.4 Å². The summed E-state index contributed by atoms with van der Waals surface area (Å²) in [6.07, 6.45) is 1.47. The summed E-state index contributed by atoms with van der Waals surface area (Å²) in [5.74, 6) is 0.205. The summed E-state index contributed by atoms with van der Waals surface area (Å²) in [6.45, 7) is 7.16. The highest BCUT2D eigenvalue weighted by Gasteiger charge is 2.10. The second kappa shape index (κ2) is 5.50. The summed E-state index contributed by atoms with van der Waals surface area (Å²) in [7, 11) is 0. The zero-order valence-corrected chi connectivity index (χ0v) is 11.7. The maximum atomic E-state index is 9.17. The van der Waals surface area contributed by atoms with E-state index in [1.165, 1.54) is 21.5 Å². The van der Waals surface area contributed by atoms with Crippen LogP contribution in [0.3, 0.4) is 0 Å². The molecule has 0 radical (unpaired) electrons. The van der Waals surface area contributed by atoms with E-state index >= 15 is 0 Å². The normalized spacial score (nSPS) is 12.6. The number of aryl methyl sites for hydroxylation is 2. The van der Waals surface area contributed by atoms with Gasteiger partial charge in [0, 0.05) is 22.3 Å². The Hall–Kier alpha value is -1.39. The lowest BCUT2D eigenvalue weighted by Crippen LogP contribution is -2.18. The molecule has 0 fully saturated rings. The van der Waals surface area contributed by atoms with Crippen LogP contribution in [-0.2, 0) is 6.54 Å². The van der Waals surface area contributed by atoms with Crippen molar-refractivity contribution >= 4 is 11.3 Å². The summed E-state index contributed by atoms with van der Waals surface area (Å²) < 4.78 is 0. The van der Waals surface area contributed by atoms with E-state index in [1.54, 1.807) is 6.07 Å². The van der Waals surface area contributed by atoms with Crippen LogP contribution in [0.25, 0.3) is 0 Å². The summed E-state index contributed by atoms with van der Waals surface area (Å²) >= 11 is 1.83. The number of hydrogen-bond donors (Lipinski definition) is 2. The van der Waals surface area contributed by atoms with Crippen molar-refractivity contribution in [3.8, 4) is 5.75 Å². The minimum atomic E-state index is 0.205. The summed E-state index contributed by atoms with van der Waals surface area (Å²) in [4.78, 5) is 6.87. The molecule has 0 saturated carbocycles. The fourth-order valence-electron chi connectivity index (χ4n) is 1.97. The average molecular weight is 262 g/mol. The van der Waals surface area contributed by atoms with Gasteiger partial charge in [0.2, 0.25) is 0 Å². The molecule has 0 saturated heterocycles. The van der Waals surface area contributed by atoms with Gasteiger partial charge in [-0.2, -0.15) is 0 Å². The van der Waals surface area contributed by atoms with Crippen molar-refractivity contribution in [2.75, 3.05) is 0 Å². The Kier molecular flexibility index (Phi) is 3.99. The Morgan fingerprint density at radius 2 is 2.17 bits per heavy atom. The first kappa shape index (κ1) is 13.1. The molecular formula is C14H18N2OS. The standard InChI is InChI=1S/C14H18N2OS/c1-9-6-14(11(3)18-9)10(2)15-7-12-4-5-13(17)8-16-12/h4-6,8,10,15,17H,7H2,1-3H3. The Labute approximate surface area is 112 Å². The van der Waals surface area contributed by atoms with E-state index in [2.05, 4.69) is 37.1 Å². The van der Waals surface area contributed by atoms with Crippen LogP contribution in [0.5, 0.6) is 5.75 Å². The largest absolute Gasteiger partial charge is 0.506 e. The van der Waals surface area contributed by atoms with Crippen molar-refractivity contribution in [1.82, 2.24) is 10.3 Å².